The molecule has 1 heterocycles. The van der Waals surface area contributed by atoms with Gasteiger partial charge in [0.25, 0.3) is 0 Å². The largest absolute Gasteiger partial charge is 0.360 e. The minimum Gasteiger partial charge on any atom is -0.360 e. The molecule has 106 valence electrons. The molecule has 0 radical (unpaired) electrons. The van der Waals surface area contributed by atoms with Gasteiger partial charge in [-0.05, 0) is 68.1 Å². The highest BCUT2D eigenvalue weighted by atomic mass is 15.2. The molecule has 0 amide bonds. The molecule has 4 fully saturated rings. The van der Waals surface area contributed by atoms with E-state index in [1.165, 1.54) is 37.9 Å². The molecule has 0 spiro atoms. The molecule has 3 heteroatoms. The Morgan fingerprint density at radius 1 is 1.16 bits per heavy atom. The number of aliphatic imine (C=N–C) groups is 1. The average Bonchev–Trinajstić information content (AvgIpc) is 2.79. The molecule has 4 aliphatic carbocycles. The van der Waals surface area contributed by atoms with E-state index < -0.39 is 0 Å². The van der Waals surface area contributed by atoms with E-state index in [-0.39, 0.29) is 6.04 Å². The highest BCUT2D eigenvalue weighted by Crippen LogP contribution is 2.57. The molecule has 0 aromatic rings. The van der Waals surface area contributed by atoms with Crippen LogP contribution in [0.25, 0.3) is 0 Å². The molecule has 4 saturated carbocycles. The summed E-state index contributed by atoms with van der Waals surface area (Å²) in [6, 6.07) is 0.190. The molecule has 5 rings (SSSR count). The van der Waals surface area contributed by atoms with Crippen LogP contribution in [-0.4, -0.2) is 36.9 Å². The summed E-state index contributed by atoms with van der Waals surface area (Å²) in [4.78, 5) is 6.88. The van der Waals surface area contributed by atoms with E-state index in [4.69, 9.17) is 5.73 Å². The molecule has 1 unspecified atom stereocenters. The van der Waals surface area contributed by atoms with Crippen molar-refractivity contribution in [2.24, 2.45) is 40.3 Å². The summed E-state index contributed by atoms with van der Waals surface area (Å²) < 4.78 is 0. The average molecular weight is 261 g/mol. The lowest BCUT2D eigenvalue weighted by atomic mass is 9.51. The van der Waals surface area contributed by atoms with Gasteiger partial charge in [0.1, 0.15) is 5.84 Å². The Hall–Kier alpha value is -0.570. The quantitative estimate of drug-likeness (QED) is 0.845. The molecule has 4 bridgehead atoms. The maximum Gasteiger partial charge on any atom is 0.116 e. The van der Waals surface area contributed by atoms with Gasteiger partial charge in [0.05, 0.1) is 12.6 Å². The van der Waals surface area contributed by atoms with Crippen LogP contribution in [0.2, 0.25) is 0 Å². The van der Waals surface area contributed by atoms with E-state index in [9.17, 15) is 0 Å². The van der Waals surface area contributed by atoms with Crippen molar-refractivity contribution in [2.45, 2.75) is 44.6 Å². The van der Waals surface area contributed by atoms with Crippen molar-refractivity contribution >= 4 is 5.84 Å². The summed E-state index contributed by atoms with van der Waals surface area (Å²) in [5, 5.41) is 0. The molecule has 5 aliphatic rings. The summed E-state index contributed by atoms with van der Waals surface area (Å²) in [7, 11) is 2.14. The predicted molar refractivity (Wildman–Crippen MR) is 78.1 cm³/mol. The Bertz CT molecular complexity index is 361. The Morgan fingerprint density at radius 2 is 1.79 bits per heavy atom. The molecular formula is C16H27N3. The van der Waals surface area contributed by atoms with Gasteiger partial charge in [-0.25, -0.2) is 0 Å². The fourth-order valence-corrected chi connectivity index (χ4v) is 5.77. The van der Waals surface area contributed by atoms with Gasteiger partial charge >= 0.3 is 0 Å². The first-order valence-electron chi connectivity index (χ1n) is 8.21. The summed E-state index contributed by atoms with van der Waals surface area (Å²) in [6.45, 7) is 2.01. The Labute approximate surface area is 116 Å². The summed E-state index contributed by atoms with van der Waals surface area (Å²) in [6.07, 6.45) is 8.76. The number of nitrogens with two attached hydrogens (primary N) is 1. The lowest BCUT2D eigenvalue weighted by Crippen LogP contribution is -2.49. The van der Waals surface area contributed by atoms with E-state index in [2.05, 4.69) is 16.9 Å². The molecular weight excluding hydrogens is 234 g/mol. The molecule has 0 saturated heterocycles. The normalized spacial score (nSPS) is 45.7. The molecule has 0 aromatic carbocycles. The van der Waals surface area contributed by atoms with Gasteiger partial charge in [-0.2, -0.15) is 0 Å². The van der Waals surface area contributed by atoms with Gasteiger partial charge in [-0.1, -0.05) is 0 Å². The van der Waals surface area contributed by atoms with E-state index >= 15 is 0 Å². The Balaban J connectivity index is 1.45. The van der Waals surface area contributed by atoms with Gasteiger partial charge in [0, 0.05) is 13.6 Å². The van der Waals surface area contributed by atoms with E-state index in [0.29, 0.717) is 0 Å². The third-order valence-electron chi connectivity index (χ3n) is 6.38. The second kappa shape index (κ2) is 4.47. The number of rotatable bonds is 3. The fourth-order valence-electron chi connectivity index (χ4n) is 5.77. The van der Waals surface area contributed by atoms with E-state index in [1.54, 1.807) is 6.42 Å². The van der Waals surface area contributed by atoms with Gasteiger partial charge in [0.15, 0.2) is 0 Å². The van der Waals surface area contributed by atoms with Crippen LogP contribution in [-0.2, 0) is 0 Å². The number of likely N-dealkylation sites (N-methyl/N-ethyl adjacent to an activating group) is 1. The van der Waals surface area contributed by atoms with Gasteiger partial charge in [-0.3, -0.25) is 4.99 Å². The SMILES string of the molecule is CN1CCN=C1C(N)CC1C2CC3CC(C2)CC1C3. The molecule has 0 aromatic heterocycles. The van der Waals surface area contributed by atoms with Crippen LogP contribution in [0.3, 0.4) is 0 Å². The van der Waals surface area contributed by atoms with Crippen molar-refractivity contribution in [2.75, 3.05) is 20.1 Å². The van der Waals surface area contributed by atoms with Crippen LogP contribution in [0.1, 0.15) is 38.5 Å². The molecule has 2 N–H and O–H groups in total. The van der Waals surface area contributed by atoms with Crippen LogP contribution < -0.4 is 5.73 Å². The second-order valence-electron chi connectivity index (χ2n) is 7.60. The third-order valence-corrected chi connectivity index (χ3v) is 6.38. The first kappa shape index (κ1) is 12.2. The van der Waals surface area contributed by atoms with Gasteiger partial charge < -0.3 is 10.6 Å². The first-order chi connectivity index (χ1) is 9.20. The molecule has 1 aliphatic heterocycles. The summed E-state index contributed by atoms with van der Waals surface area (Å²) in [5.41, 5.74) is 6.48. The lowest BCUT2D eigenvalue weighted by Gasteiger charge is -2.55. The topological polar surface area (TPSA) is 41.6 Å². The number of nitrogens with zero attached hydrogens (tertiary/aromatic N) is 2. The second-order valence-corrected chi connectivity index (χ2v) is 7.60. The fraction of sp³-hybridized carbons (Fsp3) is 0.938. The van der Waals surface area contributed by atoms with Crippen molar-refractivity contribution in [1.82, 2.24) is 4.90 Å². The minimum absolute atomic E-state index is 0.190. The van der Waals surface area contributed by atoms with E-state index in [0.717, 1.165) is 42.7 Å². The zero-order chi connectivity index (χ0) is 13.0. The van der Waals surface area contributed by atoms with Gasteiger partial charge in [0.2, 0.25) is 0 Å². The third kappa shape index (κ3) is 2.01. The maximum atomic E-state index is 6.48. The number of hydrogen-bond donors (Lipinski definition) is 1. The predicted octanol–water partition coefficient (Wildman–Crippen LogP) is 2.12. The zero-order valence-corrected chi connectivity index (χ0v) is 12.1. The van der Waals surface area contributed by atoms with Crippen molar-refractivity contribution in [1.29, 1.82) is 0 Å². The molecule has 3 nitrogen and oxygen atoms in total. The maximum absolute atomic E-state index is 6.48. The van der Waals surface area contributed by atoms with Crippen molar-refractivity contribution in [3.05, 3.63) is 0 Å². The molecule has 19 heavy (non-hydrogen) atoms. The number of hydrogen-bond acceptors (Lipinski definition) is 3. The van der Waals surface area contributed by atoms with E-state index in [1.807, 2.05) is 0 Å². The molecule has 1 atom stereocenters. The zero-order valence-electron chi connectivity index (χ0n) is 12.1. The highest BCUT2D eigenvalue weighted by molar-refractivity contribution is 5.88. The smallest absolute Gasteiger partial charge is 0.116 e. The Kier molecular flexibility index (Phi) is 2.87. The first-order valence-corrected chi connectivity index (χ1v) is 8.21. The summed E-state index contributed by atoms with van der Waals surface area (Å²) >= 11 is 0. The minimum atomic E-state index is 0.190. The van der Waals surface area contributed by atoms with Crippen LogP contribution in [0.4, 0.5) is 0 Å². The van der Waals surface area contributed by atoms with Crippen molar-refractivity contribution in [3.63, 3.8) is 0 Å². The van der Waals surface area contributed by atoms with Crippen molar-refractivity contribution < 1.29 is 0 Å². The van der Waals surface area contributed by atoms with Crippen LogP contribution in [0.5, 0.6) is 0 Å². The van der Waals surface area contributed by atoms with Gasteiger partial charge in [-0.15, -0.1) is 0 Å². The lowest BCUT2D eigenvalue weighted by molar-refractivity contribution is -0.0402. The van der Waals surface area contributed by atoms with Crippen LogP contribution in [0.15, 0.2) is 4.99 Å². The Morgan fingerprint density at radius 3 is 2.32 bits per heavy atom. The monoisotopic (exact) mass is 261 g/mol. The number of amidine groups is 1. The highest BCUT2D eigenvalue weighted by Gasteiger charge is 2.48. The standard InChI is InChI=1S/C16H27N3/c1-19-3-2-18-16(19)15(17)9-14-12-5-10-4-11(7-12)8-13(14)6-10/h10-15H,2-9,17H2,1H3. The summed E-state index contributed by atoms with van der Waals surface area (Å²) in [5.74, 6) is 6.21. The van der Waals surface area contributed by atoms with Crippen LogP contribution >= 0.6 is 0 Å². The van der Waals surface area contributed by atoms with Crippen LogP contribution in [0, 0.1) is 29.6 Å². The van der Waals surface area contributed by atoms with Crippen molar-refractivity contribution in [3.8, 4) is 0 Å².